The second kappa shape index (κ2) is 8.60. The average molecular weight is 396 g/mol. The first-order valence-corrected chi connectivity index (χ1v) is 11.2. The Labute approximate surface area is 173 Å². The molecular weight excluding hydrogens is 362 g/mol. The third-order valence-corrected chi connectivity index (χ3v) is 7.08. The first kappa shape index (κ1) is 20.0. The van der Waals surface area contributed by atoms with Crippen LogP contribution in [-0.2, 0) is 16.0 Å². The predicted molar refractivity (Wildman–Crippen MR) is 116 cm³/mol. The summed E-state index contributed by atoms with van der Waals surface area (Å²) in [5.41, 5.74) is 1.34. The highest BCUT2D eigenvalue weighted by Crippen LogP contribution is 2.34. The summed E-state index contributed by atoms with van der Waals surface area (Å²) in [6.45, 7) is 0. The van der Waals surface area contributed by atoms with Gasteiger partial charge in [-0.2, -0.15) is 0 Å². The van der Waals surface area contributed by atoms with Crippen molar-refractivity contribution in [1.82, 2.24) is 15.2 Å². The summed E-state index contributed by atoms with van der Waals surface area (Å²) in [5, 5.41) is 4.40. The van der Waals surface area contributed by atoms with Crippen molar-refractivity contribution in [3.63, 3.8) is 0 Å². The second-order valence-corrected chi connectivity index (χ2v) is 8.89. The summed E-state index contributed by atoms with van der Waals surface area (Å²) in [6, 6.07) is 8.32. The van der Waals surface area contributed by atoms with E-state index in [0.717, 1.165) is 61.4 Å². The van der Waals surface area contributed by atoms with E-state index < -0.39 is 5.54 Å². The number of likely N-dealkylation sites (N-methyl/N-ethyl adjacent to an activating group) is 1. The fraction of sp³-hybridized carbons (Fsp3) is 0.583. The molecule has 0 saturated heterocycles. The van der Waals surface area contributed by atoms with Gasteiger partial charge in [0.25, 0.3) is 0 Å². The first-order chi connectivity index (χ1) is 14.1. The van der Waals surface area contributed by atoms with Gasteiger partial charge in [-0.3, -0.25) is 9.59 Å². The molecule has 1 aromatic heterocycles. The van der Waals surface area contributed by atoms with Crippen LogP contribution in [0.4, 0.5) is 0 Å². The molecule has 5 nitrogen and oxygen atoms in total. The Morgan fingerprint density at radius 2 is 1.76 bits per heavy atom. The minimum Gasteiger partial charge on any atom is -0.361 e. The van der Waals surface area contributed by atoms with Crippen LogP contribution in [0.25, 0.3) is 10.9 Å². The molecule has 2 N–H and O–H groups in total. The number of carbonyl (C=O) groups excluding carboxylic acids is 2. The highest BCUT2D eigenvalue weighted by molar-refractivity contribution is 5.94. The van der Waals surface area contributed by atoms with Gasteiger partial charge in [-0.25, -0.2) is 0 Å². The molecule has 0 atom stereocenters. The zero-order valence-corrected chi connectivity index (χ0v) is 17.5. The number of benzene rings is 1. The van der Waals surface area contributed by atoms with Crippen molar-refractivity contribution in [2.75, 3.05) is 7.05 Å². The number of aromatic nitrogens is 1. The Kier molecular flexibility index (Phi) is 5.93. The van der Waals surface area contributed by atoms with Crippen LogP contribution in [0.1, 0.15) is 69.8 Å². The smallest absolute Gasteiger partial charge is 0.246 e. The molecule has 156 valence electrons. The van der Waals surface area contributed by atoms with Crippen molar-refractivity contribution in [3.05, 3.63) is 36.0 Å². The van der Waals surface area contributed by atoms with Crippen molar-refractivity contribution in [2.45, 2.75) is 82.2 Å². The summed E-state index contributed by atoms with van der Waals surface area (Å²) in [5.74, 6) is 0.0920. The number of hydrogen-bond donors (Lipinski definition) is 2. The number of aromatic amines is 1. The Morgan fingerprint density at radius 3 is 2.52 bits per heavy atom. The summed E-state index contributed by atoms with van der Waals surface area (Å²) in [7, 11) is 1.84. The lowest BCUT2D eigenvalue weighted by Crippen LogP contribution is -2.61. The summed E-state index contributed by atoms with van der Waals surface area (Å²) >= 11 is 0. The number of hydrogen-bond acceptors (Lipinski definition) is 2. The van der Waals surface area contributed by atoms with Gasteiger partial charge in [-0.15, -0.1) is 0 Å². The van der Waals surface area contributed by atoms with Gasteiger partial charge in [0, 0.05) is 30.2 Å². The van der Waals surface area contributed by atoms with E-state index in [1.165, 1.54) is 19.3 Å². The molecule has 2 aliphatic carbocycles. The van der Waals surface area contributed by atoms with Gasteiger partial charge in [-0.1, -0.05) is 56.7 Å². The molecular formula is C24H33N3O2. The minimum atomic E-state index is -0.696. The normalized spacial score (nSPS) is 19.8. The minimum absolute atomic E-state index is 0.0236. The number of amides is 2. The third-order valence-electron chi connectivity index (χ3n) is 7.08. The van der Waals surface area contributed by atoms with E-state index in [0.29, 0.717) is 6.42 Å². The van der Waals surface area contributed by atoms with Crippen molar-refractivity contribution >= 4 is 22.7 Å². The van der Waals surface area contributed by atoms with E-state index in [1.54, 1.807) is 4.90 Å². The molecule has 0 aliphatic heterocycles. The lowest BCUT2D eigenvalue weighted by Gasteiger charge is -2.44. The lowest BCUT2D eigenvalue weighted by atomic mass is 9.79. The molecule has 0 radical (unpaired) electrons. The molecule has 1 heterocycles. The largest absolute Gasteiger partial charge is 0.361 e. The van der Waals surface area contributed by atoms with Gasteiger partial charge in [0.1, 0.15) is 5.54 Å². The van der Waals surface area contributed by atoms with Crippen LogP contribution in [0.5, 0.6) is 0 Å². The Balaban J connectivity index is 1.52. The maximum absolute atomic E-state index is 13.4. The van der Waals surface area contributed by atoms with Gasteiger partial charge in [0.15, 0.2) is 0 Å². The van der Waals surface area contributed by atoms with E-state index in [4.69, 9.17) is 0 Å². The second-order valence-electron chi connectivity index (χ2n) is 8.89. The van der Waals surface area contributed by atoms with Crippen molar-refractivity contribution in [2.24, 2.45) is 0 Å². The van der Waals surface area contributed by atoms with Gasteiger partial charge >= 0.3 is 0 Å². The topological polar surface area (TPSA) is 65.2 Å². The molecule has 4 rings (SSSR count). The monoisotopic (exact) mass is 395 g/mol. The fourth-order valence-electron chi connectivity index (χ4n) is 5.22. The number of fused-ring (bicyclic) bond motifs is 1. The SMILES string of the molecule is CN(C(=O)Cc1c[nH]c2ccccc12)C1(C(=O)NC2CCCCC2)CCCCC1. The van der Waals surface area contributed by atoms with Gasteiger partial charge < -0.3 is 15.2 Å². The van der Waals surface area contributed by atoms with E-state index in [2.05, 4.69) is 10.3 Å². The summed E-state index contributed by atoms with van der Waals surface area (Å²) in [6.07, 6.45) is 12.7. The van der Waals surface area contributed by atoms with Crippen molar-refractivity contribution in [3.8, 4) is 0 Å². The number of rotatable bonds is 5. The number of nitrogens with zero attached hydrogens (tertiary/aromatic N) is 1. The van der Waals surface area contributed by atoms with E-state index in [-0.39, 0.29) is 17.9 Å². The van der Waals surface area contributed by atoms with Crippen LogP contribution in [0.15, 0.2) is 30.5 Å². The van der Waals surface area contributed by atoms with Crippen LogP contribution in [-0.4, -0.2) is 40.3 Å². The highest BCUT2D eigenvalue weighted by atomic mass is 16.2. The quantitative estimate of drug-likeness (QED) is 0.792. The van der Waals surface area contributed by atoms with E-state index >= 15 is 0 Å². The molecule has 2 amide bonds. The van der Waals surface area contributed by atoms with Crippen LogP contribution < -0.4 is 5.32 Å². The zero-order chi connectivity index (χ0) is 20.3. The van der Waals surface area contributed by atoms with Crippen molar-refractivity contribution in [1.29, 1.82) is 0 Å². The Hall–Kier alpha value is -2.30. The van der Waals surface area contributed by atoms with Gasteiger partial charge in [0.05, 0.1) is 6.42 Å². The van der Waals surface area contributed by atoms with Crippen LogP contribution >= 0.6 is 0 Å². The molecule has 29 heavy (non-hydrogen) atoms. The summed E-state index contributed by atoms with van der Waals surface area (Å²) < 4.78 is 0. The standard InChI is InChI=1S/C24H33N3O2/c1-27(22(28)16-18-17-25-21-13-7-6-12-20(18)21)24(14-8-3-9-15-24)23(29)26-19-10-4-2-5-11-19/h6-7,12-13,17,19,25H,2-5,8-11,14-16H2,1H3,(H,26,29). The molecule has 2 fully saturated rings. The average Bonchev–Trinajstić information content (AvgIpc) is 3.17. The van der Waals surface area contributed by atoms with E-state index in [9.17, 15) is 9.59 Å². The fourth-order valence-corrected chi connectivity index (χ4v) is 5.22. The molecule has 2 aromatic rings. The maximum atomic E-state index is 13.4. The zero-order valence-electron chi connectivity index (χ0n) is 17.5. The third kappa shape index (κ3) is 4.05. The van der Waals surface area contributed by atoms with Crippen LogP contribution in [0.3, 0.4) is 0 Å². The molecule has 0 unspecified atom stereocenters. The Morgan fingerprint density at radius 1 is 1.07 bits per heavy atom. The number of H-pyrrole nitrogens is 1. The molecule has 1 aromatic carbocycles. The molecule has 2 aliphatic rings. The molecule has 2 saturated carbocycles. The van der Waals surface area contributed by atoms with Crippen LogP contribution in [0.2, 0.25) is 0 Å². The first-order valence-electron chi connectivity index (χ1n) is 11.2. The number of carbonyl (C=O) groups is 2. The number of para-hydroxylation sites is 1. The summed E-state index contributed by atoms with van der Waals surface area (Å²) in [4.78, 5) is 31.7. The van der Waals surface area contributed by atoms with Gasteiger partial charge in [0.2, 0.25) is 11.8 Å². The van der Waals surface area contributed by atoms with Crippen LogP contribution in [0, 0.1) is 0 Å². The predicted octanol–water partition coefficient (Wildman–Crippen LogP) is 4.32. The number of nitrogens with one attached hydrogen (secondary N) is 2. The molecule has 5 heteroatoms. The highest BCUT2D eigenvalue weighted by Gasteiger charge is 2.45. The van der Waals surface area contributed by atoms with Gasteiger partial charge in [-0.05, 0) is 37.3 Å². The lowest BCUT2D eigenvalue weighted by molar-refractivity contribution is -0.148. The molecule has 0 bridgehead atoms. The molecule has 0 spiro atoms. The van der Waals surface area contributed by atoms with Crippen molar-refractivity contribution < 1.29 is 9.59 Å². The Bertz CT molecular complexity index is 860. The maximum Gasteiger partial charge on any atom is 0.246 e. The van der Waals surface area contributed by atoms with E-state index in [1.807, 2.05) is 37.5 Å².